The summed E-state index contributed by atoms with van der Waals surface area (Å²) in [5.41, 5.74) is 3.46. The number of amides is 1. The zero-order chi connectivity index (χ0) is 28.1. The number of nitrogens with zero attached hydrogens (tertiary/aromatic N) is 1. The third kappa shape index (κ3) is 5.57. The van der Waals surface area contributed by atoms with E-state index >= 15 is 0 Å². The highest BCUT2D eigenvalue weighted by Gasteiger charge is 2.30. The van der Waals surface area contributed by atoms with Crippen LogP contribution in [0.1, 0.15) is 39.5 Å². The molecule has 1 atom stereocenters. The highest BCUT2D eigenvalue weighted by Crippen LogP contribution is 2.50. The summed E-state index contributed by atoms with van der Waals surface area (Å²) in [6.45, 7) is -0.220. The number of rotatable bonds is 9. The van der Waals surface area contributed by atoms with Crippen molar-refractivity contribution >= 4 is 5.91 Å². The highest BCUT2D eigenvalue weighted by molar-refractivity contribution is 5.95. The molecule has 204 valence electrons. The maximum atomic E-state index is 13.3. The molecular weight excluding hydrogens is 508 g/mol. The lowest BCUT2D eigenvalue weighted by molar-refractivity contribution is -0.763. The van der Waals surface area contributed by atoms with Crippen LogP contribution >= 0.6 is 0 Å². The van der Waals surface area contributed by atoms with Gasteiger partial charge in [0.2, 0.25) is 11.2 Å². The molecule has 1 aliphatic carbocycles. The number of ether oxygens (including phenoxy) is 4. The first-order valence-electron chi connectivity index (χ1n) is 12.0. The van der Waals surface area contributed by atoms with Crippen LogP contribution in [0.25, 0.3) is 11.1 Å². The number of nitrogens with one attached hydrogen (secondary N) is 1. The number of methoxy groups -OCH3 is 4. The second-order valence-corrected chi connectivity index (χ2v) is 8.72. The Balaban J connectivity index is 1.79. The molecule has 0 saturated carbocycles. The van der Waals surface area contributed by atoms with Crippen molar-refractivity contribution in [3.63, 3.8) is 0 Å². The molecule has 4 rings (SSSR count). The summed E-state index contributed by atoms with van der Waals surface area (Å²) in [7, 11) is 6.01. The van der Waals surface area contributed by atoms with E-state index in [1.807, 2.05) is 6.07 Å². The molecule has 0 saturated heterocycles. The summed E-state index contributed by atoms with van der Waals surface area (Å²) in [6, 6.07) is 12.5. The quantitative estimate of drug-likeness (QED) is 0.319. The summed E-state index contributed by atoms with van der Waals surface area (Å²) in [6.07, 6.45) is 1.02. The molecule has 3 aromatic rings. The van der Waals surface area contributed by atoms with Crippen molar-refractivity contribution in [2.75, 3.05) is 28.4 Å². The van der Waals surface area contributed by atoms with Gasteiger partial charge < -0.3 is 29.1 Å². The monoisotopic (exact) mass is 536 g/mol. The average molecular weight is 537 g/mol. The lowest BCUT2D eigenvalue weighted by Crippen LogP contribution is -2.29. The van der Waals surface area contributed by atoms with Gasteiger partial charge in [0, 0.05) is 11.1 Å². The first kappa shape index (κ1) is 27.2. The van der Waals surface area contributed by atoms with Crippen LogP contribution < -0.4 is 29.7 Å². The van der Waals surface area contributed by atoms with Gasteiger partial charge in [0.1, 0.15) is 6.61 Å². The van der Waals surface area contributed by atoms with Gasteiger partial charge in [-0.1, -0.05) is 18.2 Å². The lowest BCUT2D eigenvalue weighted by atomic mass is 9.95. The summed E-state index contributed by atoms with van der Waals surface area (Å²) < 4.78 is 22.2. The molecule has 0 aromatic heterocycles. The third-order valence-corrected chi connectivity index (χ3v) is 6.58. The molecule has 1 N–H and O–H groups in total. The molecule has 1 aliphatic rings. The summed E-state index contributed by atoms with van der Waals surface area (Å²) in [5, 5.41) is 12.6. The van der Waals surface area contributed by atoms with Gasteiger partial charge in [-0.25, -0.2) is 0 Å². The SMILES string of the molecule is COc1cc2c(c(OC)c1OC)-c1ccc(OC)c(=O)cc1[C@@H](NC(=O)c1ccc(CO[N+](=O)[O-])cc1)CC2. The minimum atomic E-state index is -0.873. The molecule has 0 fully saturated rings. The normalized spacial score (nSPS) is 13.7. The van der Waals surface area contributed by atoms with Crippen LogP contribution in [-0.4, -0.2) is 39.4 Å². The van der Waals surface area contributed by atoms with Crippen LogP contribution in [0.2, 0.25) is 0 Å². The molecule has 11 nitrogen and oxygen atoms in total. The van der Waals surface area contributed by atoms with E-state index in [0.29, 0.717) is 52.3 Å². The fraction of sp³-hybridized carbons (Fsp3) is 0.286. The minimum absolute atomic E-state index is 0.154. The molecule has 0 aliphatic heterocycles. The molecule has 11 heteroatoms. The second kappa shape index (κ2) is 11.7. The predicted molar refractivity (Wildman–Crippen MR) is 141 cm³/mol. The highest BCUT2D eigenvalue weighted by atomic mass is 16.9. The van der Waals surface area contributed by atoms with Crippen LogP contribution in [0.5, 0.6) is 23.0 Å². The van der Waals surface area contributed by atoms with Gasteiger partial charge in [-0.2, -0.15) is 0 Å². The Morgan fingerprint density at radius 1 is 0.949 bits per heavy atom. The smallest absolute Gasteiger partial charge is 0.294 e. The number of carbonyl (C=O) groups excluding carboxylic acids is 1. The number of hydrogen-bond donors (Lipinski definition) is 1. The van der Waals surface area contributed by atoms with Crippen LogP contribution in [-0.2, 0) is 17.9 Å². The van der Waals surface area contributed by atoms with Crippen molar-refractivity contribution in [3.05, 3.63) is 91.1 Å². The van der Waals surface area contributed by atoms with E-state index in [0.717, 1.165) is 11.1 Å². The van der Waals surface area contributed by atoms with E-state index in [4.69, 9.17) is 18.9 Å². The van der Waals surface area contributed by atoms with Gasteiger partial charge in [0.05, 0.1) is 34.5 Å². The number of fused-ring (bicyclic) bond motifs is 3. The lowest BCUT2D eigenvalue weighted by Gasteiger charge is -2.20. The number of hydrogen-bond acceptors (Lipinski definition) is 9. The number of aryl methyl sites for hydroxylation is 1. The van der Waals surface area contributed by atoms with Crippen molar-refractivity contribution in [1.82, 2.24) is 5.32 Å². The van der Waals surface area contributed by atoms with Gasteiger partial charge in [-0.05, 0) is 65.4 Å². The Morgan fingerprint density at radius 2 is 1.64 bits per heavy atom. The number of benzene rings is 2. The second-order valence-electron chi connectivity index (χ2n) is 8.72. The van der Waals surface area contributed by atoms with Gasteiger partial charge in [-0.3, -0.25) is 9.59 Å². The molecule has 39 heavy (non-hydrogen) atoms. The molecule has 3 aromatic carbocycles. The van der Waals surface area contributed by atoms with E-state index in [2.05, 4.69) is 10.2 Å². The van der Waals surface area contributed by atoms with Crippen LogP contribution in [0, 0.1) is 10.1 Å². The third-order valence-electron chi connectivity index (χ3n) is 6.58. The Labute approximate surface area is 224 Å². The summed E-state index contributed by atoms with van der Waals surface area (Å²) in [5.74, 6) is 1.15. The summed E-state index contributed by atoms with van der Waals surface area (Å²) >= 11 is 0. The standard InChI is InChI=1S/C28H28N2O9/c1-35-23-12-10-19-20(14-22(23)31)21(29-28(32)17-7-5-16(6-8-17)15-39-30(33)34)11-9-18-13-24(36-2)26(37-3)27(38-4)25(18)19/h5-8,10,12-14,21H,9,11,15H2,1-4H3,(H,29,32)/t21-/m0/s1. The predicted octanol–water partition coefficient (Wildman–Crippen LogP) is 3.87. The number of carbonyl (C=O) groups is 1. The largest absolute Gasteiger partial charge is 0.493 e. The zero-order valence-corrected chi connectivity index (χ0v) is 21.9. The van der Waals surface area contributed by atoms with Crippen molar-refractivity contribution < 1.29 is 33.7 Å². The van der Waals surface area contributed by atoms with Gasteiger partial charge in [0.15, 0.2) is 17.2 Å². The fourth-order valence-electron chi connectivity index (χ4n) is 4.74. The van der Waals surface area contributed by atoms with E-state index < -0.39 is 11.1 Å². The van der Waals surface area contributed by atoms with Gasteiger partial charge in [-0.15, -0.1) is 10.1 Å². The van der Waals surface area contributed by atoms with Crippen molar-refractivity contribution in [2.24, 2.45) is 0 Å². The van der Waals surface area contributed by atoms with Crippen LogP contribution in [0.4, 0.5) is 0 Å². The Bertz CT molecular complexity index is 1460. The molecule has 1 amide bonds. The molecule has 0 radical (unpaired) electrons. The van der Waals surface area contributed by atoms with Crippen molar-refractivity contribution in [3.8, 4) is 34.1 Å². The molecule has 0 heterocycles. The van der Waals surface area contributed by atoms with E-state index in [9.17, 15) is 19.7 Å². The van der Waals surface area contributed by atoms with E-state index in [-0.39, 0.29) is 23.7 Å². The summed E-state index contributed by atoms with van der Waals surface area (Å²) in [4.78, 5) is 41.1. The van der Waals surface area contributed by atoms with Crippen LogP contribution in [0.15, 0.2) is 53.3 Å². The zero-order valence-electron chi connectivity index (χ0n) is 21.9. The molecule has 0 spiro atoms. The fourth-order valence-corrected chi connectivity index (χ4v) is 4.74. The Hall–Kier alpha value is -4.80. The molecular formula is C28H28N2O9. The topological polar surface area (TPSA) is 135 Å². The first-order valence-corrected chi connectivity index (χ1v) is 12.0. The maximum Gasteiger partial charge on any atom is 0.294 e. The van der Waals surface area contributed by atoms with E-state index in [1.165, 1.54) is 27.4 Å². The van der Waals surface area contributed by atoms with Crippen molar-refractivity contribution in [1.29, 1.82) is 0 Å². The first-order chi connectivity index (χ1) is 18.8. The van der Waals surface area contributed by atoms with Gasteiger partial charge >= 0.3 is 0 Å². The maximum absolute atomic E-state index is 13.3. The average Bonchev–Trinajstić information content (AvgIpc) is 3.19. The van der Waals surface area contributed by atoms with Gasteiger partial charge in [0.25, 0.3) is 11.0 Å². The van der Waals surface area contributed by atoms with Crippen molar-refractivity contribution in [2.45, 2.75) is 25.5 Å². The Morgan fingerprint density at radius 3 is 2.26 bits per heavy atom. The molecule has 0 unspecified atom stereocenters. The van der Waals surface area contributed by atoms with Crippen LogP contribution in [0.3, 0.4) is 0 Å². The molecule has 0 bridgehead atoms. The minimum Gasteiger partial charge on any atom is -0.493 e. The van der Waals surface area contributed by atoms with E-state index in [1.54, 1.807) is 43.5 Å². The Kier molecular flexibility index (Phi) is 8.18.